The maximum absolute atomic E-state index is 11.1. The van der Waals surface area contributed by atoms with E-state index < -0.39 is 5.56 Å². The van der Waals surface area contributed by atoms with Crippen LogP contribution < -0.4 is 11.0 Å². The number of halogens is 1. The molecule has 0 radical (unpaired) electrons. The zero-order valence-electron chi connectivity index (χ0n) is 8.59. The van der Waals surface area contributed by atoms with E-state index in [0.29, 0.717) is 11.4 Å². The molecule has 0 bridgehead atoms. The van der Waals surface area contributed by atoms with Crippen molar-refractivity contribution in [2.45, 2.75) is 0 Å². The van der Waals surface area contributed by atoms with Gasteiger partial charge in [0, 0.05) is 6.20 Å². The lowest BCUT2D eigenvalue weighted by molar-refractivity contribution is 0.987. The topological polar surface area (TPSA) is 83.0 Å². The van der Waals surface area contributed by atoms with Crippen LogP contribution in [0.15, 0.2) is 40.5 Å². The summed E-state index contributed by atoms with van der Waals surface area (Å²) in [6.07, 6.45) is 4.54. The molecule has 0 unspecified atom stereocenters. The fourth-order valence-electron chi connectivity index (χ4n) is 1.08. The molecule has 2 aromatic heterocycles. The smallest absolute Gasteiger partial charge is 0.275 e. The molecule has 86 valence electrons. The lowest BCUT2D eigenvalue weighted by atomic mass is 10.4. The molecule has 2 rings (SSSR count). The summed E-state index contributed by atoms with van der Waals surface area (Å²) in [5.41, 5.74) is 3.17. The molecule has 0 fully saturated rings. The molecule has 0 spiro atoms. The molecule has 7 heteroatoms. The number of aromatic amines is 1. The average molecular weight is 250 g/mol. The second-order valence-corrected chi connectivity index (χ2v) is 3.43. The molecule has 0 saturated heterocycles. The normalized spacial score (nSPS) is 10.6. The molecular weight excluding hydrogens is 242 g/mol. The summed E-state index contributed by atoms with van der Waals surface area (Å²) in [4.78, 5) is 15.2. The zero-order valence-corrected chi connectivity index (χ0v) is 9.35. The number of nitrogens with one attached hydrogen (secondary N) is 2. The highest BCUT2D eigenvalue weighted by molar-refractivity contribution is 6.32. The van der Waals surface area contributed by atoms with Gasteiger partial charge in [-0.15, -0.1) is 0 Å². The summed E-state index contributed by atoms with van der Waals surface area (Å²) in [7, 11) is 0. The number of hydrogen-bond acceptors (Lipinski definition) is 5. The van der Waals surface area contributed by atoms with Gasteiger partial charge in [-0.1, -0.05) is 17.7 Å². The first kappa shape index (κ1) is 11.3. The average Bonchev–Trinajstić information content (AvgIpc) is 2.36. The maximum Gasteiger partial charge on any atom is 0.285 e. The number of pyridine rings is 1. The molecule has 0 amide bonds. The maximum atomic E-state index is 11.1. The van der Waals surface area contributed by atoms with E-state index in [1.54, 1.807) is 12.3 Å². The second kappa shape index (κ2) is 5.22. The molecular formula is C10H8ClN5O. The third-order valence-corrected chi connectivity index (χ3v) is 2.24. The Balaban J connectivity index is 2.11. The van der Waals surface area contributed by atoms with Crippen LogP contribution in [0.3, 0.4) is 0 Å². The molecule has 0 aliphatic rings. The van der Waals surface area contributed by atoms with Crippen LogP contribution in [0, 0.1) is 0 Å². The van der Waals surface area contributed by atoms with Crippen molar-refractivity contribution in [3.05, 3.63) is 51.7 Å². The van der Waals surface area contributed by atoms with E-state index in [-0.39, 0.29) is 5.02 Å². The van der Waals surface area contributed by atoms with Crippen molar-refractivity contribution >= 4 is 23.5 Å². The number of H-pyrrole nitrogens is 1. The number of nitrogens with zero attached hydrogens (tertiary/aromatic N) is 3. The van der Waals surface area contributed by atoms with E-state index in [0.717, 1.165) is 0 Å². The monoisotopic (exact) mass is 249 g/mol. The van der Waals surface area contributed by atoms with E-state index in [4.69, 9.17) is 11.6 Å². The molecule has 0 saturated carbocycles. The Morgan fingerprint density at radius 1 is 1.47 bits per heavy atom. The van der Waals surface area contributed by atoms with Crippen molar-refractivity contribution < 1.29 is 0 Å². The van der Waals surface area contributed by atoms with Crippen LogP contribution in [0.2, 0.25) is 5.02 Å². The fourth-order valence-corrected chi connectivity index (χ4v) is 1.22. The molecule has 2 aromatic rings. The highest BCUT2D eigenvalue weighted by Gasteiger charge is 2.02. The quantitative estimate of drug-likeness (QED) is 0.634. The van der Waals surface area contributed by atoms with Crippen LogP contribution >= 0.6 is 11.6 Å². The summed E-state index contributed by atoms with van der Waals surface area (Å²) in [6, 6.07) is 5.45. The van der Waals surface area contributed by atoms with Crippen molar-refractivity contribution in [1.82, 2.24) is 15.2 Å². The highest BCUT2D eigenvalue weighted by Crippen LogP contribution is 2.13. The van der Waals surface area contributed by atoms with Gasteiger partial charge < -0.3 is 0 Å². The standard InChI is InChI=1S/C10H8ClN5O/c11-9-8(6-14-16-10(9)17)15-13-5-7-3-1-2-4-12-7/h1-6H,(H2,15,16,17)/b13-5+. The first-order valence-corrected chi connectivity index (χ1v) is 5.08. The van der Waals surface area contributed by atoms with Gasteiger partial charge in [-0.3, -0.25) is 15.2 Å². The zero-order chi connectivity index (χ0) is 12.1. The van der Waals surface area contributed by atoms with E-state index in [1.165, 1.54) is 12.4 Å². The van der Waals surface area contributed by atoms with Crippen molar-refractivity contribution in [1.29, 1.82) is 0 Å². The van der Waals surface area contributed by atoms with Crippen LogP contribution in [-0.4, -0.2) is 21.4 Å². The Morgan fingerprint density at radius 2 is 2.35 bits per heavy atom. The molecule has 6 nitrogen and oxygen atoms in total. The second-order valence-electron chi connectivity index (χ2n) is 3.05. The molecule has 0 atom stereocenters. The van der Waals surface area contributed by atoms with E-state index in [1.807, 2.05) is 12.1 Å². The summed E-state index contributed by atoms with van der Waals surface area (Å²) in [5.74, 6) is 0. The molecule has 0 aliphatic heterocycles. The number of aromatic nitrogens is 3. The van der Waals surface area contributed by atoms with E-state index >= 15 is 0 Å². The lowest BCUT2D eigenvalue weighted by Crippen LogP contribution is -2.10. The van der Waals surface area contributed by atoms with Gasteiger partial charge in [0.1, 0.15) is 10.7 Å². The summed E-state index contributed by atoms with van der Waals surface area (Å²) in [6.45, 7) is 0. The number of rotatable bonds is 3. The summed E-state index contributed by atoms with van der Waals surface area (Å²) < 4.78 is 0. The SMILES string of the molecule is O=c1[nH]ncc(N/N=C/c2ccccn2)c1Cl. The Bertz CT molecular complexity index is 581. The Labute approximate surface area is 101 Å². The number of anilines is 1. The van der Waals surface area contributed by atoms with Crippen LogP contribution in [0.5, 0.6) is 0 Å². The van der Waals surface area contributed by atoms with Gasteiger partial charge >= 0.3 is 0 Å². The summed E-state index contributed by atoms with van der Waals surface area (Å²) in [5, 5.41) is 9.71. The number of hydrazone groups is 1. The van der Waals surface area contributed by atoms with Crippen LogP contribution in [-0.2, 0) is 0 Å². The van der Waals surface area contributed by atoms with Crippen LogP contribution in [0.25, 0.3) is 0 Å². The fraction of sp³-hybridized carbons (Fsp3) is 0. The first-order chi connectivity index (χ1) is 8.27. The largest absolute Gasteiger partial charge is 0.285 e. The van der Waals surface area contributed by atoms with Crippen LogP contribution in [0.4, 0.5) is 5.69 Å². The predicted octanol–water partition coefficient (Wildman–Crippen LogP) is 1.26. The summed E-state index contributed by atoms with van der Waals surface area (Å²) >= 11 is 5.74. The molecule has 2 N–H and O–H groups in total. The van der Waals surface area contributed by atoms with Gasteiger partial charge in [-0.25, -0.2) is 5.10 Å². The van der Waals surface area contributed by atoms with Crippen molar-refractivity contribution in [3.8, 4) is 0 Å². The van der Waals surface area contributed by atoms with Gasteiger partial charge in [-0.05, 0) is 12.1 Å². The highest BCUT2D eigenvalue weighted by atomic mass is 35.5. The molecule has 0 aliphatic carbocycles. The van der Waals surface area contributed by atoms with Gasteiger partial charge in [0.25, 0.3) is 5.56 Å². The minimum atomic E-state index is -0.468. The first-order valence-electron chi connectivity index (χ1n) is 4.70. The van der Waals surface area contributed by atoms with Gasteiger partial charge in [0.05, 0.1) is 18.1 Å². The third-order valence-electron chi connectivity index (χ3n) is 1.87. The Kier molecular flexibility index (Phi) is 3.46. The van der Waals surface area contributed by atoms with Crippen molar-refractivity contribution in [2.24, 2.45) is 5.10 Å². The minimum absolute atomic E-state index is 0.0122. The van der Waals surface area contributed by atoms with Crippen molar-refractivity contribution in [2.75, 3.05) is 5.43 Å². The molecule has 0 aromatic carbocycles. The number of hydrogen-bond donors (Lipinski definition) is 2. The Morgan fingerprint density at radius 3 is 3.12 bits per heavy atom. The molecule has 17 heavy (non-hydrogen) atoms. The van der Waals surface area contributed by atoms with Crippen LogP contribution in [0.1, 0.15) is 5.69 Å². The predicted molar refractivity (Wildman–Crippen MR) is 65.3 cm³/mol. The third kappa shape index (κ3) is 2.88. The van der Waals surface area contributed by atoms with Gasteiger partial charge in [0.15, 0.2) is 0 Å². The van der Waals surface area contributed by atoms with E-state index in [2.05, 4.69) is 25.7 Å². The minimum Gasteiger partial charge on any atom is -0.275 e. The van der Waals surface area contributed by atoms with E-state index in [9.17, 15) is 4.79 Å². The van der Waals surface area contributed by atoms with Gasteiger partial charge in [0.2, 0.25) is 0 Å². The lowest BCUT2D eigenvalue weighted by Gasteiger charge is -1.99. The van der Waals surface area contributed by atoms with Crippen molar-refractivity contribution in [3.63, 3.8) is 0 Å². The van der Waals surface area contributed by atoms with Gasteiger partial charge in [-0.2, -0.15) is 10.2 Å². The Hall–Kier alpha value is -2.21. The molecule has 2 heterocycles.